The fourth-order valence-corrected chi connectivity index (χ4v) is 1.45. The Kier molecular flexibility index (Phi) is 3.01. The predicted octanol–water partition coefficient (Wildman–Crippen LogP) is 2.08. The maximum absolute atomic E-state index is 8.96. The van der Waals surface area contributed by atoms with E-state index in [1.807, 2.05) is 44.4 Å². The average Bonchev–Trinajstić information content (AvgIpc) is 2.39. The first kappa shape index (κ1) is 11.1. The molecule has 0 aliphatic carbocycles. The van der Waals surface area contributed by atoms with Crippen LogP contribution in [0.15, 0.2) is 36.4 Å². The van der Waals surface area contributed by atoms with Crippen molar-refractivity contribution in [3.8, 4) is 17.3 Å². The van der Waals surface area contributed by atoms with E-state index in [4.69, 9.17) is 5.26 Å². The molecule has 84 valence electrons. The third-order valence-corrected chi connectivity index (χ3v) is 2.30. The SMILES string of the molecule is CN(C)c1nc(C#N)cc(-c2ccccc2)n1. The van der Waals surface area contributed by atoms with Crippen molar-refractivity contribution in [2.75, 3.05) is 19.0 Å². The molecule has 17 heavy (non-hydrogen) atoms. The molecule has 0 bridgehead atoms. The van der Waals surface area contributed by atoms with Gasteiger partial charge in [-0.05, 0) is 0 Å². The van der Waals surface area contributed by atoms with Crippen LogP contribution in [0.1, 0.15) is 5.69 Å². The zero-order chi connectivity index (χ0) is 12.3. The van der Waals surface area contributed by atoms with E-state index in [0.29, 0.717) is 11.6 Å². The fraction of sp³-hybridized carbons (Fsp3) is 0.154. The van der Waals surface area contributed by atoms with Gasteiger partial charge < -0.3 is 4.90 Å². The molecule has 1 aromatic carbocycles. The molecule has 2 rings (SSSR count). The minimum absolute atomic E-state index is 0.377. The van der Waals surface area contributed by atoms with Gasteiger partial charge in [-0.25, -0.2) is 9.97 Å². The Labute approximate surface area is 100 Å². The van der Waals surface area contributed by atoms with Crippen LogP contribution < -0.4 is 4.90 Å². The number of hydrogen-bond donors (Lipinski definition) is 0. The second-order valence-electron chi connectivity index (χ2n) is 3.81. The topological polar surface area (TPSA) is 52.8 Å². The van der Waals surface area contributed by atoms with Gasteiger partial charge in [-0.2, -0.15) is 5.26 Å². The van der Waals surface area contributed by atoms with E-state index < -0.39 is 0 Å². The summed E-state index contributed by atoms with van der Waals surface area (Å²) < 4.78 is 0. The number of benzene rings is 1. The van der Waals surface area contributed by atoms with E-state index >= 15 is 0 Å². The monoisotopic (exact) mass is 224 g/mol. The number of aromatic nitrogens is 2. The van der Waals surface area contributed by atoms with Crippen molar-refractivity contribution < 1.29 is 0 Å². The third kappa shape index (κ3) is 2.40. The summed E-state index contributed by atoms with van der Waals surface area (Å²) in [5, 5.41) is 8.96. The Morgan fingerprint density at radius 2 is 1.82 bits per heavy atom. The van der Waals surface area contributed by atoms with Crippen molar-refractivity contribution >= 4 is 5.95 Å². The van der Waals surface area contributed by atoms with Crippen molar-refractivity contribution in [2.45, 2.75) is 0 Å². The number of nitriles is 1. The largest absolute Gasteiger partial charge is 0.347 e. The van der Waals surface area contributed by atoms with Crippen LogP contribution >= 0.6 is 0 Å². The normalized spacial score (nSPS) is 9.71. The van der Waals surface area contributed by atoms with Crippen molar-refractivity contribution in [3.05, 3.63) is 42.1 Å². The van der Waals surface area contributed by atoms with Gasteiger partial charge >= 0.3 is 0 Å². The van der Waals surface area contributed by atoms with Crippen molar-refractivity contribution in [2.24, 2.45) is 0 Å². The molecule has 0 aliphatic rings. The zero-order valence-corrected chi connectivity index (χ0v) is 9.75. The Morgan fingerprint density at radius 3 is 2.41 bits per heavy atom. The van der Waals surface area contributed by atoms with E-state index in [1.54, 1.807) is 11.0 Å². The molecular formula is C13H12N4. The number of hydrogen-bond acceptors (Lipinski definition) is 4. The number of rotatable bonds is 2. The lowest BCUT2D eigenvalue weighted by molar-refractivity contribution is 0.993. The van der Waals surface area contributed by atoms with Gasteiger partial charge in [-0.15, -0.1) is 0 Å². The molecule has 1 heterocycles. The molecule has 0 saturated heterocycles. The van der Waals surface area contributed by atoms with E-state index in [-0.39, 0.29) is 0 Å². The van der Waals surface area contributed by atoms with Gasteiger partial charge in [0.25, 0.3) is 0 Å². The van der Waals surface area contributed by atoms with E-state index in [0.717, 1.165) is 11.3 Å². The molecule has 0 spiro atoms. The summed E-state index contributed by atoms with van der Waals surface area (Å²) in [6.07, 6.45) is 0. The highest BCUT2D eigenvalue weighted by Gasteiger charge is 2.07. The lowest BCUT2D eigenvalue weighted by atomic mass is 10.1. The van der Waals surface area contributed by atoms with Gasteiger partial charge in [0, 0.05) is 25.7 Å². The molecule has 1 aromatic heterocycles. The van der Waals surface area contributed by atoms with Gasteiger partial charge in [0.05, 0.1) is 5.69 Å². The van der Waals surface area contributed by atoms with Crippen LogP contribution in [-0.4, -0.2) is 24.1 Å². The van der Waals surface area contributed by atoms with Crippen molar-refractivity contribution in [1.29, 1.82) is 5.26 Å². The minimum atomic E-state index is 0.377. The van der Waals surface area contributed by atoms with Crippen LogP contribution in [0, 0.1) is 11.3 Å². The summed E-state index contributed by atoms with van der Waals surface area (Å²) in [4.78, 5) is 10.3. The van der Waals surface area contributed by atoms with E-state index in [9.17, 15) is 0 Å². The lowest BCUT2D eigenvalue weighted by Gasteiger charge is -2.11. The summed E-state index contributed by atoms with van der Waals surface area (Å²) in [6.45, 7) is 0. The Hall–Kier alpha value is -2.41. The first-order valence-corrected chi connectivity index (χ1v) is 5.22. The van der Waals surface area contributed by atoms with Crippen LogP contribution in [0.3, 0.4) is 0 Å². The fourth-order valence-electron chi connectivity index (χ4n) is 1.45. The first-order chi connectivity index (χ1) is 8.20. The highest BCUT2D eigenvalue weighted by atomic mass is 15.2. The summed E-state index contributed by atoms with van der Waals surface area (Å²) >= 11 is 0. The summed E-state index contributed by atoms with van der Waals surface area (Å²) in [5.74, 6) is 0.544. The highest BCUT2D eigenvalue weighted by molar-refractivity contribution is 5.61. The molecule has 0 radical (unpaired) electrons. The van der Waals surface area contributed by atoms with Crippen molar-refractivity contribution in [1.82, 2.24) is 9.97 Å². The average molecular weight is 224 g/mol. The van der Waals surface area contributed by atoms with Gasteiger partial charge in [0.2, 0.25) is 5.95 Å². The maximum atomic E-state index is 8.96. The van der Waals surface area contributed by atoms with Gasteiger partial charge in [0.1, 0.15) is 11.8 Å². The summed E-state index contributed by atoms with van der Waals surface area (Å²) in [5.41, 5.74) is 2.12. The molecule has 0 unspecified atom stereocenters. The number of nitrogens with zero attached hydrogens (tertiary/aromatic N) is 4. The standard InChI is InChI=1S/C13H12N4/c1-17(2)13-15-11(9-14)8-12(16-13)10-6-4-3-5-7-10/h3-8H,1-2H3. The third-order valence-electron chi connectivity index (χ3n) is 2.30. The van der Waals surface area contributed by atoms with Crippen LogP contribution in [0.4, 0.5) is 5.95 Å². The Bertz CT molecular complexity index is 555. The molecule has 0 aliphatic heterocycles. The smallest absolute Gasteiger partial charge is 0.226 e. The Balaban J connectivity index is 2.55. The summed E-state index contributed by atoms with van der Waals surface area (Å²) in [6, 6.07) is 13.5. The van der Waals surface area contributed by atoms with Crippen molar-refractivity contribution in [3.63, 3.8) is 0 Å². The second kappa shape index (κ2) is 4.62. The van der Waals surface area contributed by atoms with Crippen LogP contribution in [-0.2, 0) is 0 Å². The molecule has 0 amide bonds. The van der Waals surface area contributed by atoms with Crippen LogP contribution in [0.25, 0.3) is 11.3 Å². The molecule has 0 N–H and O–H groups in total. The van der Waals surface area contributed by atoms with Gasteiger partial charge in [0.15, 0.2) is 0 Å². The quantitative estimate of drug-likeness (QED) is 0.783. The molecule has 0 fully saturated rings. The molecule has 4 heteroatoms. The second-order valence-corrected chi connectivity index (χ2v) is 3.81. The van der Waals surface area contributed by atoms with Gasteiger partial charge in [-0.1, -0.05) is 30.3 Å². The molecule has 2 aromatic rings. The highest BCUT2D eigenvalue weighted by Crippen LogP contribution is 2.19. The lowest BCUT2D eigenvalue weighted by Crippen LogP contribution is -2.13. The van der Waals surface area contributed by atoms with Crippen LogP contribution in [0.2, 0.25) is 0 Å². The predicted molar refractivity (Wildman–Crippen MR) is 66.5 cm³/mol. The zero-order valence-electron chi connectivity index (χ0n) is 9.75. The maximum Gasteiger partial charge on any atom is 0.226 e. The van der Waals surface area contributed by atoms with E-state index in [2.05, 4.69) is 16.0 Å². The molecule has 0 atom stereocenters. The minimum Gasteiger partial charge on any atom is -0.347 e. The molecule has 4 nitrogen and oxygen atoms in total. The first-order valence-electron chi connectivity index (χ1n) is 5.22. The van der Waals surface area contributed by atoms with Gasteiger partial charge in [-0.3, -0.25) is 0 Å². The molecule has 0 saturated carbocycles. The van der Waals surface area contributed by atoms with Crippen LogP contribution in [0.5, 0.6) is 0 Å². The molecular weight excluding hydrogens is 212 g/mol. The summed E-state index contributed by atoms with van der Waals surface area (Å²) in [7, 11) is 3.70. The van der Waals surface area contributed by atoms with E-state index in [1.165, 1.54) is 0 Å². The number of anilines is 1. The Morgan fingerprint density at radius 1 is 1.12 bits per heavy atom.